The van der Waals surface area contributed by atoms with Crippen LogP contribution in [-0.4, -0.2) is 24.5 Å². The SMILES string of the molecule is CC(CN)C(C)N(C)C(C)c1ccc(Cl)cc1. The Morgan fingerprint density at radius 2 is 1.71 bits per heavy atom. The van der Waals surface area contributed by atoms with Gasteiger partial charge in [0.15, 0.2) is 0 Å². The molecule has 0 aromatic heterocycles. The van der Waals surface area contributed by atoms with Crippen LogP contribution in [0.1, 0.15) is 32.4 Å². The number of halogens is 1. The molecule has 0 bridgehead atoms. The summed E-state index contributed by atoms with van der Waals surface area (Å²) in [6, 6.07) is 8.89. The quantitative estimate of drug-likeness (QED) is 0.874. The van der Waals surface area contributed by atoms with Crippen molar-refractivity contribution in [1.82, 2.24) is 4.90 Å². The Morgan fingerprint density at radius 3 is 2.18 bits per heavy atom. The van der Waals surface area contributed by atoms with E-state index < -0.39 is 0 Å². The Balaban J connectivity index is 2.75. The number of nitrogens with two attached hydrogens (primary N) is 1. The van der Waals surface area contributed by atoms with Crippen LogP contribution in [-0.2, 0) is 0 Å². The fourth-order valence-corrected chi connectivity index (χ4v) is 2.05. The largest absolute Gasteiger partial charge is 0.330 e. The first-order chi connectivity index (χ1) is 7.97. The van der Waals surface area contributed by atoms with E-state index in [2.05, 4.69) is 44.9 Å². The first-order valence-electron chi connectivity index (χ1n) is 6.14. The molecule has 0 radical (unpaired) electrons. The topological polar surface area (TPSA) is 29.3 Å². The van der Waals surface area contributed by atoms with E-state index in [9.17, 15) is 0 Å². The van der Waals surface area contributed by atoms with Crippen LogP contribution in [0.3, 0.4) is 0 Å². The zero-order valence-electron chi connectivity index (χ0n) is 11.2. The van der Waals surface area contributed by atoms with Gasteiger partial charge < -0.3 is 5.73 Å². The number of benzene rings is 1. The third-order valence-electron chi connectivity index (χ3n) is 3.80. The van der Waals surface area contributed by atoms with E-state index in [-0.39, 0.29) is 0 Å². The number of hydrogen-bond acceptors (Lipinski definition) is 2. The van der Waals surface area contributed by atoms with E-state index in [0.717, 1.165) is 11.6 Å². The molecule has 0 fully saturated rings. The molecule has 3 heteroatoms. The summed E-state index contributed by atoms with van der Waals surface area (Å²) in [5.41, 5.74) is 7.01. The summed E-state index contributed by atoms with van der Waals surface area (Å²) in [6.07, 6.45) is 0. The minimum atomic E-state index is 0.372. The fraction of sp³-hybridized carbons (Fsp3) is 0.571. The Labute approximate surface area is 110 Å². The van der Waals surface area contributed by atoms with Crippen molar-refractivity contribution >= 4 is 11.6 Å². The van der Waals surface area contributed by atoms with Gasteiger partial charge in [0.05, 0.1) is 0 Å². The minimum Gasteiger partial charge on any atom is -0.330 e. The lowest BCUT2D eigenvalue weighted by Crippen LogP contribution is -2.39. The first-order valence-corrected chi connectivity index (χ1v) is 6.52. The van der Waals surface area contributed by atoms with Crippen LogP contribution in [0.4, 0.5) is 0 Å². The number of rotatable bonds is 5. The van der Waals surface area contributed by atoms with Crippen LogP contribution < -0.4 is 5.73 Å². The lowest BCUT2D eigenvalue weighted by molar-refractivity contribution is 0.154. The number of hydrogen-bond donors (Lipinski definition) is 1. The van der Waals surface area contributed by atoms with Gasteiger partial charge in [0.1, 0.15) is 0 Å². The molecular formula is C14H23ClN2. The van der Waals surface area contributed by atoms with Crippen molar-refractivity contribution < 1.29 is 0 Å². The van der Waals surface area contributed by atoms with Gasteiger partial charge >= 0.3 is 0 Å². The molecule has 0 saturated heterocycles. The Bertz CT molecular complexity index is 337. The summed E-state index contributed by atoms with van der Waals surface area (Å²) >= 11 is 5.90. The second-order valence-electron chi connectivity index (χ2n) is 4.85. The minimum absolute atomic E-state index is 0.372. The Kier molecular flexibility index (Phi) is 5.44. The molecule has 0 amide bonds. The molecular weight excluding hydrogens is 232 g/mol. The van der Waals surface area contributed by atoms with Gasteiger partial charge in [0, 0.05) is 17.1 Å². The average Bonchev–Trinajstić information content (AvgIpc) is 2.36. The van der Waals surface area contributed by atoms with E-state index in [1.807, 2.05) is 12.1 Å². The summed E-state index contributed by atoms with van der Waals surface area (Å²) in [5, 5.41) is 0.784. The van der Waals surface area contributed by atoms with Crippen LogP contribution in [0, 0.1) is 5.92 Å². The normalized spacial score (nSPS) is 16.9. The lowest BCUT2D eigenvalue weighted by Gasteiger charge is -2.34. The van der Waals surface area contributed by atoms with E-state index in [4.69, 9.17) is 17.3 Å². The second kappa shape index (κ2) is 6.39. The van der Waals surface area contributed by atoms with Crippen LogP contribution in [0.5, 0.6) is 0 Å². The third kappa shape index (κ3) is 3.70. The average molecular weight is 255 g/mol. The van der Waals surface area contributed by atoms with E-state index in [1.54, 1.807) is 0 Å². The Hall–Kier alpha value is -0.570. The van der Waals surface area contributed by atoms with Crippen molar-refractivity contribution in [2.75, 3.05) is 13.6 Å². The van der Waals surface area contributed by atoms with Crippen molar-refractivity contribution in [3.05, 3.63) is 34.9 Å². The second-order valence-corrected chi connectivity index (χ2v) is 5.28. The highest BCUT2D eigenvalue weighted by Crippen LogP contribution is 2.24. The summed E-state index contributed by atoms with van der Waals surface area (Å²) < 4.78 is 0. The van der Waals surface area contributed by atoms with E-state index in [1.165, 1.54) is 5.56 Å². The van der Waals surface area contributed by atoms with Crippen molar-refractivity contribution in [3.63, 3.8) is 0 Å². The van der Waals surface area contributed by atoms with Gasteiger partial charge in [-0.25, -0.2) is 0 Å². The smallest absolute Gasteiger partial charge is 0.0406 e. The highest BCUT2D eigenvalue weighted by Gasteiger charge is 2.21. The predicted molar refractivity (Wildman–Crippen MR) is 75.3 cm³/mol. The van der Waals surface area contributed by atoms with Crippen molar-refractivity contribution in [2.45, 2.75) is 32.9 Å². The maximum absolute atomic E-state index is 5.90. The molecule has 1 rings (SSSR count). The molecule has 1 aromatic rings. The molecule has 96 valence electrons. The zero-order chi connectivity index (χ0) is 13.0. The maximum atomic E-state index is 5.90. The number of nitrogens with zero attached hydrogens (tertiary/aromatic N) is 1. The highest BCUT2D eigenvalue weighted by atomic mass is 35.5. The van der Waals surface area contributed by atoms with Gasteiger partial charge in [-0.2, -0.15) is 0 Å². The Morgan fingerprint density at radius 1 is 1.18 bits per heavy atom. The molecule has 0 aliphatic carbocycles. The molecule has 1 aromatic carbocycles. The third-order valence-corrected chi connectivity index (χ3v) is 4.05. The maximum Gasteiger partial charge on any atom is 0.0406 e. The zero-order valence-corrected chi connectivity index (χ0v) is 11.9. The summed E-state index contributed by atoms with van der Waals surface area (Å²) in [5.74, 6) is 0.495. The van der Waals surface area contributed by atoms with E-state index >= 15 is 0 Å². The molecule has 0 heterocycles. The molecule has 3 atom stereocenters. The summed E-state index contributed by atoms with van der Waals surface area (Å²) in [7, 11) is 2.15. The molecule has 0 saturated carbocycles. The molecule has 17 heavy (non-hydrogen) atoms. The molecule has 3 unspecified atom stereocenters. The monoisotopic (exact) mass is 254 g/mol. The highest BCUT2D eigenvalue weighted by molar-refractivity contribution is 6.30. The van der Waals surface area contributed by atoms with Crippen LogP contribution in [0.25, 0.3) is 0 Å². The van der Waals surface area contributed by atoms with Gasteiger partial charge in [-0.3, -0.25) is 4.90 Å². The predicted octanol–water partition coefficient (Wildman–Crippen LogP) is 3.32. The summed E-state index contributed by atoms with van der Waals surface area (Å²) in [6.45, 7) is 7.35. The van der Waals surface area contributed by atoms with Gasteiger partial charge in [0.25, 0.3) is 0 Å². The van der Waals surface area contributed by atoms with Gasteiger partial charge in [0.2, 0.25) is 0 Å². The van der Waals surface area contributed by atoms with Gasteiger partial charge in [-0.15, -0.1) is 0 Å². The lowest BCUT2D eigenvalue weighted by atomic mass is 9.99. The first kappa shape index (κ1) is 14.5. The molecule has 0 aliphatic heterocycles. The van der Waals surface area contributed by atoms with Gasteiger partial charge in [-0.1, -0.05) is 30.7 Å². The van der Waals surface area contributed by atoms with Crippen molar-refractivity contribution in [3.8, 4) is 0 Å². The molecule has 0 aliphatic rings. The van der Waals surface area contributed by atoms with Crippen molar-refractivity contribution in [1.29, 1.82) is 0 Å². The van der Waals surface area contributed by atoms with Crippen molar-refractivity contribution in [2.24, 2.45) is 11.7 Å². The molecule has 0 spiro atoms. The van der Waals surface area contributed by atoms with Crippen LogP contribution >= 0.6 is 11.6 Å². The molecule has 2 N–H and O–H groups in total. The van der Waals surface area contributed by atoms with Crippen LogP contribution in [0.15, 0.2) is 24.3 Å². The molecule has 2 nitrogen and oxygen atoms in total. The summed E-state index contributed by atoms with van der Waals surface area (Å²) in [4.78, 5) is 2.36. The fourth-order valence-electron chi connectivity index (χ4n) is 1.93. The van der Waals surface area contributed by atoms with E-state index in [0.29, 0.717) is 18.0 Å². The standard InChI is InChI=1S/C14H23ClN2/c1-10(9-16)11(2)17(4)12(3)13-5-7-14(15)8-6-13/h5-8,10-12H,9,16H2,1-4H3. The van der Waals surface area contributed by atoms with Gasteiger partial charge in [-0.05, 0) is 51.1 Å². The van der Waals surface area contributed by atoms with Crippen LogP contribution in [0.2, 0.25) is 5.02 Å².